The Morgan fingerprint density at radius 1 is 1.15 bits per heavy atom. The highest BCUT2D eigenvalue weighted by atomic mass is 16.5. The minimum absolute atomic E-state index is 0.0329. The number of aromatic nitrogens is 1. The molecule has 0 fully saturated rings. The van der Waals surface area contributed by atoms with Crippen LogP contribution in [0.1, 0.15) is 28.5 Å². The van der Waals surface area contributed by atoms with Crippen LogP contribution in [0.4, 0.5) is 0 Å². The van der Waals surface area contributed by atoms with Crippen molar-refractivity contribution in [3.8, 4) is 5.75 Å². The summed E-state index contributed by atoms with van der Waals surface area (Å²) in [6.07, 6.45) is 0.380. The molecule has 3 rings (SSSR count). The van der Waals surface area contributed by atoms with Crippen molar-refractivity contribution < 1.29 is 19.4 Å². The zero-order chi connectivity index (χ0) is 18.5. The van der Waals surface area contributed by atoms with E-state index in [1.54, 1.807) is 12.1 Å². The number of aromatic carboxylic acids is 1. The van der Waals surface area contributed by atoms with Crippen molar-refractivity contribution in [2.24, 2.45) is 0 Å². The minimum Gasteiger partial charge on any atom is -0.543 e. The summed E-state index contributed by atoms with van der Waals surface area (Å²) < 4.78 is 5.82. The second-order valence-electron chi connectivity index (χ2n) is 5.98. The quantitative estimate of drug-likeness (QED) is 0.678. The molecule has 0 saturated heterocycles. The van der Waals surface area contributed by atoms with Gasteiger partial charge in [0.2, 0.25) is 5.91 Å². The van der Waals surface area contributed by atoms with Gasteiger partial charge in [0.25, 0.3) is 0 Å². The van der Waals surface area contributed by atoms with E-state index in [1.165, 1.54) is 6.92 Å². The van der Waals surface area contributed by atoms with Crippen molar-refractivity contribution in [2.75, 3.05) is 6.54 Å². The predicted molar refractivity (Wildman–Crippen MR) is 95.8 cm³/mol. The number of carboxylic acid groups (broad SMARTS) is 1. The van der Waals surface area contributed by atoms with Crippen LogP contribution in [0, 0.1) is 0 Å². The Bertz CT molecular complexity index is 932. The monoisotopic (exact) mass is 351 g/mol. The number of rotatable bonds is 7. The van der Waals surface area contributed by atoms with E-state index < -0.39 is 5.97 Å². The van der Waals surface area contributed by atoms with Gasteiger partial charge >= 0.3 is 0 Å². The molecule has 6 heteroatoms. The number of hydrogen-bond donors (Lipinski definition) is 2. The number of aromatic amines is 1. The first-order valence-corrected chi connectivity index (χ1v) is 8.31. The van der Waals surface area contributed by atoms with Crippen LogP contribution in [0.15, 0.2) is 48.5 Å². The van der Waals surface area contributed by atoms with Gasteiger partial charge in [-0.25, -0.2) is 0 Å². The lowest BCUT2D eigenvalue weighted by atomic mass is 10.1. The van der Waals surface area contributed by atoms with Crippen molar-refractivity contribution in [2.45, 2.75) is 20.0 Å². The molecule has 3 aromatic rings. The van der Waals surface area contributed by atoms with Crippen LogP contribution in [0.3, 0.4) is 0 Å². The molecule has 0 aliphatic rings. The minimum atomic E-state index is -1.27. The predicted octanol–water partition coefficient (Wildman–Crippen LogP) is 1.79. The molecular weight excluding hydrogens is 332 g/mol. The van der Waals surface area contributed by atoms with E-state index in [1.807, 2.05) is 36.4 Å². The first-order valence-electron chi connectivity index (χ1n) is 8.31. The molecule has 0 aliphatic carbocycles. The molecule has 0 atom stereocenters. The molecule has 0 saturated carbocycles. The Morgan fingerprint density at radius 2 is 1.92 bits per heavy atom. The van der Waals surface area contributed by atoms with Crippen LogP contribution < -0.4 is 15.2 Å². The zero-order valence-electron chi connectivity index (χ0n) is 14.4. The van der Waals surface area contributed by atoms with Gasteiger partial charge in [-0.1, -0.05) is 30.3 Å². The molecule has 1 amide bonds. The normalized spacial score (nSPS) is 10.7. The Labute approximate surface area is 150 Å². The number of carboxylic acids is 1. The molecule has 6 nitrogen and oxygen atoms in total. The fourth-order valence-corrected chi connectivity index (χ4v) is 2.85. The number of fused-ring (bicyclic) bond motifs is 1. The summed E-state index contributed by atoms with van der Waals surface area (Å²) in [5.41, 5.74) is 2.36. The number of ether oxygens (including phenoxy) is 1. The van der Waals surface area contributed by atoms with E-state index in [4.69, 9.17) is 4.74 Å². The van der Waals surface area contributed by atoms with E-state index in [0.717, 1.165) is 10.9 Å². The lowest BCUT2D eigenvalue weighted by Gasteiger charge is -2.08. The van der Waals surface area contributed by atoms with Crippen molar-refractivity contribution in [3.05, 3.63) is 65.4 Å². The molecule has 1 aromatic heterocycles. The van der Waals surface area contributed by atoms with Crippen molar-refractivity contribution in [3.63, 3.8) is 0 Å². The lowest BCUT2D eigenvalue weighted by Crippen LogP contribution is -2.26. The van der Waals surface area contributed by atoms with Gasteiger partial charge in [0.05, 0.1) is 11.7 Å². The third-order valence-electron chi connectivity index (χ3n) is 4.08. The second kappa shape index (κ2) is 7.74. The van der Waals surface area contributed by atoms with Gasteiger partial charge < -0.3 is 24.9 Å². The first kappa shape index (κ1) is 17.5. The number of hydrogen-bond acceptors (Lipinski definition) is 4. The fraction of sp³-hybridized carbons (Fsp3) is 0.200. The van der Waals surface area contributed by atoms with Gasteiger partial charge in [-0.05, 0) is 35.7 Å². The highest BCUT2D eigenvalue weighted by Gasteiger charge is 2.13. The Balaban J connectivity index is 1.86. The van der Waals surface area contributed by atoms with E-state index in [0.29, 0.717) is 36.4 Å². The average molecular weight is 351 g/mol. The van der Waals surface area contributed by atoms with Gasteiger partial charge in [-0.2, -0.15) is 0 Å². The molecule has 0 aliphatic heterocycles. The Hall–Kier alpha value is -3.28. The van der Waals surface area contributed by atoms with E-state index in [9.17, 15) is 14.7 Å². The molecule has 2 N–H and O–H groups in total. The second-order valence-corrected chi connectivity index (χ2v) is 5.98. The Morgan fingerprint density at radius 3 is 2.62 bits per heavy atom. The smallest absolute Gasteiger partial charge is 0.216 e. The summed E-state index contributed by atoms with van der Waals surface area (Å²) in [7, 11) is 0. The maximum absolute atomic E-state index is 11.4. The van der Waals surface area contributed by atoms with Crippen LogP contribution in [0.25, 0.3) is 10.9 Å². The maximum Gasteiger partial charge on any atom is 0.216 e. The number of carbonyl (C=O) groups is 2. The van der Waals surface area contributed by atoms with Gasteiger partial charge in [0.1, 0.15) is 12.4 Å². The zero-order valence-corrected chi connectivity index (χ0v) is 14.4. The first-order chi connectivity index (χ1) is 12.5. The molecule has 0 unspecified atom stereocenters. The summed E-state index contributed by atoms with van der Waals surface area (Å²) in [6.45, 7) is 2.19. The SMILES string of the molecule is CC(=O)NCCc1c(C(=O)[O-])[nH]c2ccc(OCc3ccccc3)cc12. The molecule has 0 radical (unpaired) electrons. The maximum atomic E-state index is 11.4. The number of benzene rings is 2. The van der Waals surface area contributed by atoms with Gasteiger partial charge in [0, 0.05) is 24.4 Å². The van der Waals surface area contributed by atoms with E-state index in [-0.39, 0.29) is 11.6 Å². The average Bonchev–Trinajstić information content (AvgIpc) is 2.99. The molecule has 0 spiro atoms. The number of nitrogens with one attached hydrogen (secondary N) is 2. The van der Waals surface area contributed by atoms with Crippen molar-refractivity contribution in [1.29, 1.82) is 0 Å². The lowest BCUT2D eigenvalue weighted by molar-refractivity contribution is -0.255. The third kappa shape index (κ3) is 4.03. The van der Waals surface area contributed by atoms with Crippen LogP contribution >= 0.6 is 0 Å². The van der Waals surface area contributed by atoms with Crippen LogP contribution in [0.5, 0.6) is 5.75 Å². The van der Waals surface area contributed by atoms with Crippen molar-refractivity contribution >= 4 is 22.8 Å². The third-order valence-corrected chi connectivity index (χ3v) is 4.08. The summed E-state index contributed by atoms with van der Waals surface area (Å²) in [5.74, 6) is -0.788. The van der Waals surface area contributed by atoms with Crippen LogP contribution in [0.2, 0.25) is 0 Å². The Kier molecular flexibility index (Phi) is 5.22. The number of H-pyrrole nitrogens is 1. The van der Waals surface area contributed by atoms with Gasteiger partial charge in [0.15, 0.2) is 0 Å². The standard InChI is InChI=1S/C20H20N2O4/c1-13(23)21-10-9-16-17-11-15(26-12-14-5-3-2-4-6-14)7-8-18(17)22-19(16)20(24)25/h2-8,11,22H,9-10,12H2,1H3,(H,21,23)(H,24,25)/p-1. The van der Waals surface area contributed by atoms with E-state index in [2.05, 4.69) is 10.3 Å². The number of carbonyl (C=O) groups excluding carboxylic acids is 2. The largest absolute Gasteiger partial charge is 0.543 e. The van der Waals surface area contributed by atoms with Crippen LogP contribution in [-0.4, -0.2) is 23.4 Å². The molecule has 134 valence electrons. The highest BCUT2D eigenvalue weighted by Crippen LogP contribution is 2.27. The van der Waals surface area contributed by atoms with Crippen molar-refractivity contribution in [1.82, 2.24) is 10.3 Å². The highest BCUT2D eigenvalue weighted by molar-refractivity contribution is 5.97. The van der Waals surface area contributed by atoms with Gasteiger partial charge in [-0.15, -0.1) is 0 Å². The molecule has 0 bridgehead atoms. The fourth-order valence-electron chi connectivity index (χ4n) is 2.85. The molecular formula is C20H19N2O4-. The summed E-state index contributed by atoms with van der Waals surface area (Å²) >= 11 is 0. The molecule has 26 heavy (non-hydrogen) atoms. The summed E-state index contributed by atoms with van der Waals surface area (Å²) in [6, 6.07) is 15.2. The van der Waals surface area contributed by atoms with Crippen LogP contribution in [-0.2, 0) is 17.8 Å². The molecule has 2 aromatic carbocycles. The molecule has 1 heterocycles. The number of amides is 1. The summed E-state index contributed by atoms with van der Waals surface area (Å²) in [5, 5.41) is 14.9. The summed E-state index contributed by atoms with van der Waals surface area (Å²) in [4.78, 5) is 25.4. The van der Waals surface area contributed by atoms with E-state index >= 15 is 0 Å². The topological polar surface area (TPSA) is 94.3 Å². The van der Waals surface area contributed by atoms with Gasteiger partial charge in [-0.3, -0.25) is 4.79 Å².